The zero-order valence-electron chi connectivity index (χ0n) is 11.0. The normalized spacial score (nSPS) is 9.33. The molecule has 0 aliphatic heterocycles. The van der Waals surface area contributed by atoms with E-state index in [0.29, 0.717) is 6.61 Å². The molecule has 0 aromatic carbocycles. The van der Waals surface area contributed by atoms with E-state index in [1.54, 1.807) is 0 Å². The van der Waals surface area contributed by atoms with E-state index in [1.807, 2.05) is 13.8 Å². The van der Waals surface area contributed by atoms with Crippen LogP contribution in [0.4, 0.5) is 9.59 Å². The summed E-state index contributed by atoms with van der Waals surface area (Å²) in [4.78, 5) is 27.2. The molecule has 110 valence electrons. The van der Waals surface area contributed by atoms with Gasteiger partial charge < -0.3 is 20.4 Å². The molecule has 0 amide bonds. The smallest absolute Gasteiger partial charge is 0.450 e. The van der Waals surface area contributed by atoms with Gasteiger partial charge in [-0.15, -0.1) is 0 Å². The van der Waals surface area contributed by atoms with Crippen molar-refractivity contribution >= 4 is 12.3 Å². The molecule has 0 radical (unpaired) electrons. The van der Waals surface area contributed by atoms with Gasteiger partial charge in [-0.25, -0.2) is 19.4 Å². The average Bonchev–Trinajstić information content (AvgIpc) is 2.16. The van der Waals surface area contributed by atoms with Crippen LogP contribution in [0.5, 0.6) is 0 Å². The van der Waals surface area contributed by atoms with Gasteiger partial charge in [-0.3, -0.25) is 0 Å². The lowest BCUT2D eigenvalue weighted by molar-refractivity contribution is -0.353. The lowest BCUT2D eigenvalue weighted by Gasteiger charge is -2.20. The Hall–Kier alpha value is -1.54. The Balaban J connectivity index is -0.000000233. The molecule has 0 atom stereocenters. The second-order valence-electron chi connectivity index (χ2n) is 3.58. The van der Waals surface area contributed by atoms with Crippen molar-refractivity contribution in [2.45, 2.75) is 46.1 Å². The summed E-state index contributed by atoms with van der Waals surface area (Å²) in [5.41, 5.74) is -0.130. The fourth-order valence-corrected chi connectivity index (χ4v) is 0.343. The number of rotatable bonds is 5. The van der Waals surface area contributed by atoms with Gasteiger partial charge in [0.05, 0.1) is 12.2 Å². The van der Waals surface area contributed by atoms with E-state index in [1.165, 1.54) is 0 Å². The minimum Gasteiger partial charge on any atom is -0.450 e. The predicted molar refractivity (Wildman–Crippen MR) is 63.0 cm³/mol. The van der Waals surface area contributed by atoms with Crippen molar-refractivity contribution in [1.29, 1.82) is 0 Å². The maximum atomic E-state index is 8.56. The van der Waals surface area contributed by atoms with Gasteiger partial charge in [-0.05, 0) is 26.7 Å². The molecule has 0 bridgehead atoms. The van der Waals surface area contributed by atoms with Crippen LogP contribution in [-0.2, 0) is 9.78 Å². The second-order valence-corrected chi connectivity index (χ2v) is 3.58. The van der Waals surface area contributed by atoms with E-state index in [-0.39, 0.29) is 5.60 Å². The first-order valence-corrected chi connectivity index (χ1v) is 5.23. The molecule has 0 aromatic rings. The van der Waals surface area contributed by atoms with Gasteiger partial charge in [-0.2, -0.15) is 0 Å². The highest BCUT2D eigenvalue weighted by Gasteiger charge is 2.15. The van der Waals surface area contributed by atoms with E-state index in [0.717, 1.165) is 12.8 Å². The maximum absolute atomic E-state index is 8.56. The Morgan fingerprint density at radius 3 is 1.56 bits per heavy atom. The molecule has 0 aliphatic carbocycles. The molecular weight excluding hydrogens is 248 g/mol. The van der Waals surface area contributed by atoms with Crippen molar-refractivity contribution < 1.29 is 39.8 Å². The van der Waals surface area contributed by atoms with Crippen LogP contribution in [0.2, 0.25) is 0 Å². The number of carbonyl (C=O) groups is 2. The van der Waals surface area contributed by atoms with Gasteiger partial charge >= 0.3 is 12.3 Å². The van der Waals surface area contributed by atoms with Crippen LogP contribution in [0.15, 0.2) is 0 Å². The van der Waals surface area contributed by atoms with Crippen LogP contribution in [-0.4, -0.2) is 44.9 Å². The molecule has 18 heavy (non-hydrogen) atoms. The van der Waals surface area contributed by atoms with Crippen molar-refractivity contribution in [2.24, 2.45) is 0 Å². The van der Waals surface area contributed by atoms with Gasteiger partial charge in [-0.1, -0.05) is 13.8 Å². The molecule has 0 heterocycles. The largest absolute Gasteiger partial charge is 0.503 e. The van der Waals surface area contributed by atoms with E-state index >= 15 is 0 Å². The highest BCUT2D eigenvalue weighted by Crippen LogP contribution is 2.13. The summed E-state index contributed by atoms with van der Waals surface area (Å²) >= 11 is 0. The Morgan fingerprint density at radius 1 is 1.00 bits per heavy atom. The number of carboxylic acid groups (broad SMARTS) is 4. The standard InChI is InChI=1S/C8H18O2.2CH2O3/c1-5-7-9-10-8(3,4)6-2;2*2-1(3)4/h5-7H2,1-4H3;2*(H2,2,3,4). The summed E-state index contributed by atoms with van der Waals surface area (Å²) in [6.07, 6.45) is -1.70. The van der Waals surface area contributed by atoms with Crippen LogP contribution in [0.25, 0.3) is 0 Å². The zero-order chi connectivity index (χ0) is 15.2. The van der Waals surface area contributed by atoms with Crippen molar-refractivity contribution in [3.8, 4) is 0 Å². The Kier molecular flexibility index (Phi) is 16.3. The summed E-state index contributed by atoms with van der Waals surface area (Å²) in [6, 6.07) is 0. The van der Waals surface area contributed by atoms with Crippen LogP contribution in [0, 0.1) is 0 Å². The van der Waals surface area contributed by atoms with Crippen molar-refractivity contribution in [2.75, 3.05) is 6.61 Å². The third-order valence-electron chi connectivity index (χ3n) is 1.42. The van der Waals surface area contributed by atoms with Gasteiger partial charge in [0.1, 0.15) is 0 Å². The van der Waals surface area contributed by atoms with Gasteiger partial charge in [0.2, 0.25) is 0 Å². The molecule has 0 aliphatic rings. The quantitative estimate of drug-likeness (QED) is 0.340. The van der Waals surface area contributed by atoms with E-state index in [2.05, 4.69) is 13.8 Å². The van der Waals surface area contributed by atoms with Crippen LogP contribution in [0.1, 0.15) is 40.5 Å². The zero-order valence-corrected chi connectivity index (χ0v) is 11.0. The first-order chi connectivity index (χ1) is 8.09. The highest BCUT2D eigenvalue weighted by molar-refractivity contribution is 5.53. The Morgan fingerprint density at radius 2 is 1.33 bits per heavy atom. The maximum Gasteiger partial charge on any atom is 0.503 e. The summed E-state index contributed by atoms with van der Waals surface area (Å²) < 4.78 is 0. The molecule has 8 nitrogen and oxygen atoms in total. The Bertz CT molecular complexity index is 194. The van der Waals surface area contributed by atoms with Gasteiger partial charge in [0.25, 0.3) is 0 Å². The van der Waals surface area contributed by atoms with Crippen LogP contribution >= 0.6 is 0 Å². The minimum absolute atomic E-state index is 0.130. The fourth-order valence-electron chi connectivity index (χ4n) is 0.343. The lowest BCUT2D eigenvalue weighted by atomic mass is 10.1. The third-order valence-corrected chi connectivity index (χ3v) is 1.42. The summed E-state index contributed by atoms with van der Waals surface area (Å²) in [5, 5.41) is 27.9. The van der Waals surface area contributed by atoms with Crippen molar-refractivity contribution in [3.05, 3.63) is 0 Å². The summed E-state index contributed by atoms with van der Waals surface area (Å²) in [6.45, 7) is 8.85. The first kappa shape index (κ1) is 21.7. The SMILES string of the molecule is CCCOOC(C)(C)CC.O=C(O)O.O=C(O)O. The molecule has 0 spiro atoms. The molecule has 0 fully saturated rings. The summed E-state index contributed by atoms with van der Waals surface area (Å²) in [7, 11) is 0. The molecular formula is C10H22O8. The molecule has 0 saturated heterocycles. The summed E-state index contributed by atoms with van der Waals surface area (Å²) in [5.74, 6) is 0. The highest BCUT2D eigenvalue weighted by atomic mass is 17.2. The topological polar surface area (TPSA) is 134 Å². The van der Waals surface area contributed by atoms with E-state index in [4.69, 9.17) is 39.8 Å². The first-order valence-electron chi connectivity index (χ1n) is 5.23. The molecule has 0 saturated carbocycles. The Labute approximate surface area is 106 Å². The van der Waals surface area contributed by atoms with Crippen LogP contribution in [0.3, 0.4) is 0 Å². The van der Waals surface area contributed by atoms with E-state index in [9.17, 15) is 0 Å². The van der Waals surface area contributed by atoms with Crippen LogP contribution < -0.4 is 0 Å². The monoisotopic (exact) mass is 270 g/mol. The van der Waals surface area contributed by atoms with Crippen molar-refractivity contribution in [3.63, 3.8) is 0 Å². The molecule has 8 heteroatoms. The molecule has 0 aromatic heterocycles. The predicted octanol–water partition coefficient (Wildman–Crippen LogP) is 2.98. The molecule has 4 N–H and O–H groups in total. The number of hydrogen-bond donors (Lipinski definition) is 4. The molecule has 0 unspecified atom stereocenters. The second kappa shape index (κ2) is 13.5. The third kappa shape index (κ3) is 47.1. The average molecular weight is 270 g/mol. The van der Waals surface area contributed by atoms with Crippen molar-refractivity contribution in [1.82, 2.24) is 0 Å². The molecule has 0 rings (SSSR count). The minimum atomic E-state index is -1.83. The van der Waals surface area contributed by atoms with E-state index < -0.39 is 12.3 Å². The van der Waals surface area contributed by atoms with Gasteiger partial charge in [0, 0.05) is 0 Å². The fraction of sp³-hybridized carbons (Fsp3) is 0.800. The number of hydrogen-bond acceptors (Lipinski definition) is 4. The van der Waals surface area contributed by atoms with Gasteiger partial charge in [0.15, 0.2) is 0 Å². The lowest BCUT2D eigenvalue weighted by Crippen LogP contribution is -2.23.